The predicted molar refractivity (Wildman–Crippen MR) is 49.2 cm³/mol. The van der Waals surface area contributed by atoms with E-state index in [9.17, 15) is 9.18 Å². The van der Waals surface area contributed by atoms with Crippen LogP contribution in [0.4, 0.5) is 4.39 Å². The number of primary amides is 1. The molecule has 0 spiro atoms. The van der Waals surface area contributed by atoms with Gasteiger partial charge in [0.2, 0.25) is 0 Å². The van der Waals surface area contributed by atoms with Gasteiger partial charge in [-0.15, -0.1) is 0 Å². The molecule has 3 nitrogen and oxygen atoms in total. The second-order valence-electron chi connectivity index (χ2n) is 2.30. The van der Waals surface area contributed by atoms with Crippen LogP contribution in [-0.2, 0) is 0 Å². The highest BCUT2D eigenvalue weighted by molar-refractivity contribution is 9.10. The van der Waals surface area contributed by atoms with Crippen LogP contribution in [0.3, 0.4) is 0 Å². The average Bonchev–Trinajstić information content (AvgIpc) is 2.08. The fraction of sp³-hybridized carbons (Fsp3) is 0.125. The molecule has 1 amide bonds. The fourth-order valence-corrected chi connectivity index (χ4v) is 1.26. The fourth-order valence-electron chi connectivity index (χ4n) is 0.933. The molecule has 0 fully saturated rings. The number of hydrogen-bond donors (Lipinski definition) is 1. The third-order valence-electron chi connectivity index (χ3n) is 1.52. The van der Waals surface area contributed by atoms with E-state index in [2.05, 4.69) is 15.9 Å². The van der Waals surface area contributed by atoms with Crippen LogP contribution in [0.15, 0.2) is 16.6 Å². The van der Waals surface area contributed by atoms with Crippen LogP contribution >= 0.6 is 15.9 Å². The van der Waals surface area contributed by atoms with E-state index in [0.29, 0.717) is 0 Å². The number of nitrogens with two attached hydrogens (primary N) is 1. The number of halogens is 2. The minimum absolute atomic E-state index is 0.133. The maximum atomic E-state index is 13.3. The van der Waals surface area contributed by atoms with Gasteiger partial charge >= 0.3 is 0 Å². The molecular formula is C8H7BrFNO2. The largest absolute Gasteiger partial charge is 0.496 e. The Balaban J connectivity index is 3.41. The van der Waals surface area contributed by atoms with Crippen molar-refractivity contribution >= 4 is 21.8 Å². The lowest BCUT2D eigenvalue weighted by molar-refractivity contribution is 0.0993. The zero-order valence-corrected chi connectivity index (χ0v) is 8.39. The van der Waals surface area contributed by atoms with Crippen LogP contribution in [0.25, 0.3) is 0 Å². The van der Waals surface area contributed by atoms with Crippen LogP contribution in [0.5, 0.6) is 5.75 Å². The lowest BCUT2D eigenvalue weighted by Gasteiger charge is -2.06. The SMILES string of the molecule is COc1ccc(Br)c(F)c1C(N)=O. The highest BCUT2D eigenvalue weighted by Crippen LogP contribution is 2.26. The molecule has 0 atom stereocenters. The van der Waals surface area contributed by atoms with E-state index in [1.165, 1.54) is 19.2 Å². The summed E-state index contributed by atoms with van der Waals surface area (Å²) in [6.07, 6.45) is 0. The molecule has 5 heteroatoms. The van der Waals surface area contributed by atoms with Crippen LogP contribution < -0.4 is 10.5 Å². The molecule has 0 bridgehead atoms. The van der Waals surface area contributed by atoms with Crippen LogP contribution in [0.1, 0.15) is 10.4 Å². The van der Waals surface area contributed by atoms with Gasteiger partial charge in [0.1, 0.15) is 11.3 Å². The second kappa shape index (κ2) is 3.74. The molecule has 0 aliphatic carbocycles. The number of hydrogen-bond acceptors (Lipinski definition) is 2. The van der Waals surface area contributed by atoms with Gasteiger partial charge in [-0.25, -0.2) is 4.39 Å². The number of rotatable bonds is 2. The Kier molecular flexibility index (Phi) is 2.87. The van der Waals surface area contributed by atoms with E-state index in [1.54, 1.807) is 0 Å². The summed E-state index contributed by atoms with van der Waals surface area (Å²) in [5, 5.41) is 0. The number of benzene rings is 1. The van der Waals surface area contributed by atoms with E-state index in [0.717, 1.165) is 0 Å². The Bertz CT molecular complexity index is 354. The summed E-state index contributed by atoms with van der Waals surface area (Å²) in [4.78, 5) is 10.8. The molecule has 0 aliphatic heterocycles. The number of carbonyl (C=O) groups excluding carboxylic acids is 1. The summed E-state index contributed by atoms with van der Waals surface area (Å²) in [5.41, 5.74) is 4.74. The van der Waals surface area contributed by atoms with E-state index < -0.39 is 11.7 Å². The molecule has 70 valence electrons. The summed E-state index contributed by atoms with van der Waals surface area (Å²) < 4.78 is 18.2. The molecule has 0 aromatic heterocycles. The lowest BCUT2D eigenvalue weighted by atomic mass is 10.2. The molecule has 0 saturated heterocycles. The normalized spacial score (nSPS) is 9.77. The molecule has 1 aromatic rings. The number of carbonyl (C=O) groups is 1. The second-order valence-corrected chi connectivity index (χ2v) is 3.16. The van der Waals surface area contributed by atoms with Crippen LogP contribution in [0.2, 0.25) is 0 Å². The number of amides is 1. The van der Waals surface area contributed by atoms with Gasteiger partial charge in [0.05, 0.1) is 11.6 Å². The Morgan fingerprint density at radius 3 is 2.69 bits per heavy atom. The maximum absolute atomic E-state index is 13.3. The zero-order chi connectivity index (χ0) is 10.0. The molecule has 0 radical (unpaired) electrons. The lowest BCUT2D eigenvalue weighted by Crippen LogP contribution is -2.15. The van der Waals surface area contributed by atoms with Crippen LogP contribution in [0, 0.1) is 5.82 Å². The zero-order valence-electron chi connectivity index (χ0n) is 6.80. The van der Waals surface area contributed by atoms with Crippen molar-refractivity contribution < 1.29 is 13.9 Å². The molecule has 1 rings (SSSR count). The molecule has 0 heterocycles. The molecule has 0 aliphatic rings. The van der Waals surface area contributed by atoms with Crippen molar-refractivity contribution in [3.8, 4) is 5.75 Å². The van der Waals surface area contributed by atoms with E-state index >= 15 is 0 Å². The molecular weight excluding hydrogens is 241 g/mol. The third-order valence-corrected chi connectivity index (χ3v) is 2.14. The standard InChI is InChI=1S/C8H7BrFNO2/c1-13-5-3-2-4(9)7(10)6(5)8(11)12/h2-3H,1H3,(H2,11,12). The first kappa shape index (κ1) is 9.98. The smallest absolute Gasteiger partial charge is 0.255 e. The molecule has 13 heavy (non-hydrogen) atoms. The van der Waals surface area contributed by atoms with Gasteiger partial charge in [-0.2, -0.15) is 0 Å². The van der Waals surface area contributed by atoms with Gasteiger partial charge in [-0.1, -0.05) is 0 Å². The van der Waals surface area contributed by atoms with Gasteiger partial charge in [0.15, 0.2) is 5.82 Å². The highest BCUT2D eigenvalue weighted by Gasteiger charge is 2.17. The van der Waals surface area contributed by atoms with Crippen molar-refractivity contribution in [2.75, 3.05) is 7.11 Å². The van der Waals surface area contributed by atoms with Gasteiger partial charge in [-0.05, 0) is 28.1 Å². The molecule has 2 N–H and O–H groups in total. The Morgan fingerprint density at radius 1 is 1.62 bits per heavy atom. The Morgan fingerprint density at radius 2 is 2.23 bits per heavy atom. The van der Waals surface area contributed by atoms with Crippen molar-refractivity contribution in [3.63, 3.8) is 0 Å². The molecule has 1 aromatic carbocycles. The summed E-state index contributed by atoms with van der Waals surface area (Å²) in [7, 11) is 1.34. The van der Waals surface area contributed by atoms with Crippen molar-refractivity contribution in [2.24, 2.45) is 5.73 Å². The van der Waals surface area contributed by atoms with Gasteiger partial charge in [0.25, 0.3) is 5.91 Å². The summed E-state index contributed by atoms with van der Waals surface area (Å²) in [6, 6.07) is 2.91. The minimum Gasteiger partial charge on any atom is -0.496 e. The first-order valence-corrected chi connectivity index (χ1v) is 4.19. The first-order valence-electron chi connectivity index (χ1n) is 3.39. The van der Waals surface area contributed by atoms with Crippen molar-refractivity contribution in [1.29, 1.82) is 0 Å². The van der Waals surface area contributed by atoms with Gasteiger partial charge < -0.3 is 10.5 Å². The van der Waals surface area contributed by atoms with Gasteiger partial charge in [0, 0.05) is 0 Å². The maximum Gasteiger partial charge on any atom is 0.255 e. The Labute approximate surface area is 82.8 Å². The summed E-state index contributed by atoms with van der Waals surface area (Å²) in [6.45, 7) is 0. The number of methoxy groups -OCH3 is 1. The van der Waals surface area contributed by atoms with E-state index in [1.807, 2.05) is 0 Å². The summed E-state index contributed by atoms with van der Waals surface area (Å²) >= 11 is 2.94. The quantitative estimate of drug-likeness (QED) is 0.865. The minimum atomic E-state index is -0.851. The highest BCUT2D eigenvalue weighted by atomic mass is 79.9. The van der Waals surface area contributed by atoms with E-state index in [4.69, 9.17) is 10.5 Å². The molecule has 0 unspecified atom stereocenters. The molecule has 0 saturated carbocycles. The Hall–Kier alpha value is -1.10. The third kappa shape index (κ3) is 1.80. The van der Waals surface area contributed by atoms with Crippen molar-refractivity contribution in [1.82, 2.24) is 0 Å². The summed E-state index contributed by atoms with van der Waals surface area (Å²) in [5.74, 6) is -1.42. The first-order chi connectivity index (χ1) is 6.07. The average molecular weight is 248 g/mol. The topological polar surface area (TPSA) is 52.3 Å². The van der Waals surface area contributed by atoms with E-state index in [-0.39, 0.29) is 15.8 Å². The number of ether oxygens (including phenoxy) is 1. The van der Waals surface area contributed by atoms with Crippen molar-refractivity contribution in [3.05, 3.63) is 28.0 Å². The van der Waals surface area contributed by atoms with Gasteiger partial charge in [-0.3, -0.25) is 4.79 Å². The predicted octanol–water partition coefficient (Wildman–Crippen LogP) is 1.70. The monoisotopic (exact) mass is 247 g/mol. The van der Waals surface area contributed by atoms with Crippen LogP contribution in [-0.4, -0.2) is 13.0 Å². The van der Waals surface area contributed by atoms with Crippen molar-refractivity contribution in [2.45, 2.75) is 0 Å².